The van der Waals surface area contributed by atoms with Gasteiger partial charge in [0.1, 0.15) is 17.0 Å². The average Bonchev–Trinajstić information content (AvgIpc) is 3.29. The molecule has 0 aliphatic heterocycles. The van der Waals surface area contributed by atoms with Crippen molar-refractivity contribution in [3.8, 4) is 5.75 Å². The highest BCUT2D eigenvalue weighted by molar-refractivity contribution is 6.01. The van der Waals surface area contributed by atoms with Gasteiger partial charge in [0, 0.05) is 11.5 Å². The highest BCUT2D eigenvalue weighted by Gasteiger charge is 2.26. The van der Waals surface area contributed by atoms with Crippen LogP contribution < -0.4 is 4.74 Å². The Hall–Kier alpha value is -2.50. The molecule has 3 rings (SSSR count). The highest BCUT2D eigenvalue weighted by atomic mass is 16.6. The molecule has 1 aromatic heterocycles. The summed E-state index contributed by atoms with van der Waals surface area (Å²) in [5.41, 5.74) is 0.0331. The van der Waals surface area contributed by atoms with E-state index in [1.54, 1.807) is 39.8 Å². The third-order valence-corrected chi connectivity index (χ3v) is 4.02. The summed E-state index contributed by atoms with van der Waals surface area (Å²) in [6, 6.07) is 7.09. The number of ether oxygens (including phenoxy) is 3. The van der Waals surface area contributed by atoms with Crippen LogP contribution >= 0.6 is 0 Å². The van der Waals surface area contributed by atoms with Crippen molar-refractivity contribution in [2.24, 2.45) is 5.92 Å². The zero-order chi connectivity index (χ0) is 18.9. The third kappa shape index (κ3) is 4.18. The van der Waals surface area contributed by atoms with Gasteiger partial charge in [-0.2, -0.15) is 0 Å². The molecule has 0 bridgehead atoms. The van der Waals surface area contributed by atoms with Crippen molar-refractivity contribution in [3.05, 3.63) is 30.0 Å². The average molecular weight is 359 g/mol. The van der Waals surface area contributed by atoms with E-state index >= 15 is 0 Å². The molecule has 1 fully saturated rings. The lowest BCUT2D eigenvalue weighted by atomic mass is 10.2. The molecule has 1 heterocycles. The maximum Gasteiger partial charge on any atom is 0.419 e. The molecule has 140 valence electrons. The second-order valence-corrected chi connectivity index (χ2v) is 7.54. The Bertz CT molecular complexity index is 827. The molecule has 1 aliphatic carbocycles. The first-order valence-electron chi connectivity index (χ1n) is 8.97. The van der Waals surface area contributed by atoms with Crippen molar-refractivity contribution in [2.75, 3.05) is 13.2 Å². The maximum absolute atomic E-state index is 12.7. The van der Waals surface area contributed by atoms with Crippen molar-refractivity contribution < 1.29 is 23.8 Å². The van der Waals surface area contributed by atoms with Crippen LogP contribution in [0.5, 0.6) is 5.75 Å². The second kappa shape index (κ2) is 7.02. The molecule has 0 amide bonds. The van der Waals surface area contributed by atoms with Crippen molar-refractivity contribution in [2.45, 2.75) is 46.1 Å². The van der Waals surface area contributed by atoms with Crippen molar-refractivity contribution in [3.63, 3.8) is 0 Å². The van der Waals surface area contributed by atoms with E-state index in [9.17, 15) is 9.59 Å². The third-order valence-electron chi connectivity index (χ3n) is 4.02. The van der Waals surface area contributed by atoms with Gasteiger partial charge in [0.2, 0.25) is 0 Å². The van der Waals surface area contributed by atoms with Gasteiger partial charge in [-0.1, -0.05) is 0 Å². The van der Waals surface area contributed by atoms with Gasteiger partial charge in [0.25, 0.3) is 0 Å². The number of carbonyl (C=O) groups excluding carboxylic acids is 2. The lowest BCUT2D eigenvalue weighted by Gasteiger charge is -2.20. The number of aromatic nitrogens is 1. The maximum atomic E-state index is 12.7. The molecule has 0 saturated heterocycles. The minimum absolute atomic E-state index is 0.149. The minimum atomic E-state index is -0.681. The molecule has 2 aromatic rings. The fourth-order valence-electron chi connectivity index (χ4n) is 2.63. The van der Waals surface area contributed by atoms with Gasteiger partial charge in [-0.25, -0.2) is 14.2 Å². The molecular weight excluding hydrogens is 334 g/mol. The Morgan fingerprint density at radius 3 is 2.54 bits per heavy atom. The first kappa shape index (κ1) is 18.3. The first-order chi connectivity index (χ1) is 12.3. The van der Waals surface area contributed by atoms with E-state index in [0.717, 1.165) is 5.39 Å². The molecule has 6 nitrogen and oxygen atoms in total. The van der Waals surface area contributed by atoms with Crippen LogP contribution in [-0.2, 0) is 9.47 Å². The molecule has 0 unspecified atom stereocenters. The quantitative estimate of drug-likeness (QED) is 0.741. The van der Waals surface area contributed by atoms with E-state index < -0.39 is 17.7 Å². The topological polar surface area (TPSA) is 66.8 Å². The van der Waals surface area contributed by atoms with Gasteiger partial charge in [-0.15, -0.1) is 0 Å². The number of carbonyl (C=O) groups is 2. The van der Waals surface area contributed by atoms with Crippen LogP contribution in [0.2, 0.25) is 0 Å². The lowest BCUT2D eigenvalue weighted by Crippen LogP contribution is -2.29. The number of esters is 1. The van der Waals surface area contributed by atoms with E-state index in [1.807, 2.05) is 12.1 Å². The molecule has 0 atom stereocenters. The smallest absolute Gasteiger partial charge is 0.419 e. The molecular formula is C20H25NO5. The van der Waals surface area contributed by atoms with Gasteiger partial charge in [-0.3, -0.25) is 0 Å². The van der Waals surface area contributed by atoms with Gasteiger partial charge in [0.05, 0.1) is 18.7 Å². The van der Waals surface area contributed by atoms with E-state index in [1.165, 1.54) is 17.4 Å². The summed E-state index contributed by atoms with van der Waals surface area (Å²) < 4.78 is 17.7. The standard InChI is InChI=1S/C20H25NO5/c1-5-24-18(22)17-10-14-8-9-15(25-12-13-6-7-13)11-16(14)21(17)19(23)26-20(2,3)4/h8-11,13H,5-7,12H2,1-4H3. The summed E-state index contributed by atoms with van der Waals surface area (Å²) >= 11 is 0. The molecule has 6 heteroatoms. The Morgan fingerprint density at radius 1 is 1.19 bits per heavy atom. The fraction of sp³-hybridized carbons (Fsp3) is 0.500. The molecule has 1 aliphatic rings. The van der Waals surface area contributed by atoms with Crippen LogP contribution in [0, 0.1) is 5.92 Å². The van der Waals surface area contributed by atoms with Crippen molar-refractivity contribution >= 4 is 23.0 Å². The zero-order valence-corrected chi connectivity index (χ0v) is 15.7. The molecule has 1 saturated carbocycles. The number of benzene rings is 1. The van der Waals surface area contributed by atoms with E-state index in [-0.39, 0.29) is 12.3 Å². The van der Waals surface area contributed by atoms with E-state index in [2.05, 4.69) is 0 Å². The second-order valence-electron chi connectivity index (χ2n) is 7.54. The summed E-state index contributed by atoms with van der Waals surface area (Å²) in [4.78, 5) is 25.1. The summed E-state index contributed by atoms with van der Waals surface area (Å²) in [6.07, 6.45) is 1.78. The van der Waals surface area contributed by atoms with Crippen LogP contribution in [0.3, 0.4) is 0 Å². The minimum Gasteiger partial charge on any atom is -0.493 e. The predicted molar refractivity (Wildman–Crippen MR) is 97.7 cm³/mol. The van der Waals surface area contributed by atoms with Crippen molar-refractivity contribution in [1.29, 1.82) is 0 Å². The summed E-state index contributed by atoms with van der Waals surface area (Å²) in [5, 5.41) is 0.748. The van der Waals surface area contributed by atoms with Gasteiger partial charge in [0.15, 0.2) is 0 Å². The van der Waals surface area contributed by atoms with Crippen molar-refractivity contribution in [1.82, 2.24) is 4.57 Å². The van der Waals surface area contributed by atoms with Gasteiger partial charge in [-0.05, 0) is 64.7 Å². The SMILES string of the molecule is CCOC(=O)c1cc2ccc(OCC3CC3)cc2n1C(=O)OC(C)(C)C. The number of rotatable bonds is 5. The van der Waals surface area contributed by atoms with Crippen LogP contribution in [0.1, 0.15) is 51.0 Å². The van der Waals surface area contributed by atoms with Gasteiger partial charge < -0.3 is 14.2 Å². The number of fused-ring (bicyclic) bond motifs is 1. The monoisotopic (exact) mass is 359 g/mol. The number of hydrogen-bond acceptors (Lipinski definition) is 5. The van der Waals surface area contributed by atoms with Crippen LogP contribution in [0.4, 0.5) is 4.79 Å². The Morgan fingerprint density at radius 2 is 1.92 bits per heavy atom. The Balaban J connectivity index is 2.01. The predicted octanol–water partition coefficient (Wildman–Crippen LogP) is 4.39. The van der Waals surface area contributed by atoms with Crippen LogP contribution in [0.25, 0.3) is 10.9 Å². The van der Waals surface area contributed by atoms with E-state index in [4.69, 9.17) is 14.2 Å². The molecule has 0 spiro atoms. The molecule has 1 aromatic carbocycles. The van der Waals surface area contributed by atoms with Gasteiger partial charge >= 0.3 is 12.1 Å². The highest BCUT2D eigenvalue weighted by Crippen LogP contribution is 2.31. The zero-order valence-electron chi connectivity index (χ0n) is 15.7. The Labute approximate surface area is 153 Å². The molecule has 0 radical (unpaired) electrons. The largest absolute Gasteiger partial charge is 0.493 e. The number of nitrogens with zero attached hydrogens (tertiary/aromatic N) is 1. The summed E-state index contributed by atoms with van der Waals surface area (Å²) in [7, 11) is 0. The van der Waals surface area contributed by atoms with Crippen LogP contribution in [0.15, 0.2) is 24.3 Å². The summed E-state index contributed by atoms with van der Waals surface area (Å²) in [5.74, 6) is 0.733. The van der Waals surface area contributed by atoms with E-state index in [0.29, 0.717) is 23.8 Å². The Kier molecular flexibility index (Phi) is 4.94. The number of hydrogen-bond donors (Lipinski definition) is 0. The summed E-state index contributed by atoms with van der Waals surface area (Å²) in [6.45, 7) is 7.97. The molecule has 26 heavy (non-hydrogen) atoms. The fourth-order valence-corrected chi connectivity index (χ4v) is 2.63. The van der Waals surface area contributed by atoms with Crippen LogP contribution in [-0.4, -0.2) is 35.4 Å². The lowest BCUT2D eigenvalue weighted by molar-refractivity contribution is 0.0454. The normalized spacial score (nSPS) is 14.3. The first-order valence-corrected chi connectivity index (χ1v) is 8.97. The molecule has 0 N–H and O–H groups in total.